The maximum absolute atomic E-state index is 11.3. The van der Waals surface area contributed by atoms with Crippen LogP contribution in [0.4, 0.5) is 0 Å². The van der Waals surface area contributed by atoms with Crippen LogP contribution in [-0.4, -0.2) is 11.9 Å². The molecule has 0 heterocycles. The molecule has 0 bridgehead atoms. The third-order valence-electron chi connectivity index (χ3n) is 2.76. The second-order valence-electron chi connectivity index (χ2n) is 4.40. The van der Waals surface area contributed by atoms with Gasteiger partial charge in [-0.15, -0.1) is 0 Å². The van der Waals surface area contributed by atoms with Crippen molar-refractivity contribution < 1.29 is 9.53 Å². The fourth-order valence-electron chi connectivity index (χ4n) is 1.89. The van der Waals surface area contributed by atoms with Crippen molar-refractivity contribution in [3.63, 3.8) is 0 Å². The van der Waals surface area contributed by atoms with Crippen LogP contribution in [0.1, 0.15) is 56.8 Å². The molecule has 0 amide bonds. The molecule has 1 rings (SSSR count). The van der Waals surface area contributed by atoms with Gasteiger partial charge in [0.1, 0.15) is 5.75 Å². The number of carbonyl (C=O) groups is 1. The van der Waals surface area contributed by atoms with Gasteiger partial charge >= 0.3 is 0 Å². The number of benzene rings is 1. The summed E-state index contributed by atoms with van der Waals surface area (Å²) in [6, 6.07) is 7.45. The van der Waals surface area contributed by atoms with Gasteiger partial charge in [-0.2, -0.15) is 0 Å². The van der Waals surface area contributed by atoms with E-state index in [-0.39, 0.29) is 11.9 Å². The fraction of sp³-hybridized carbons (Fsp3) is 0.533. The molecule has 0 N–H and O–H groups in total. The second kappa shape index (κ2) is 7.10. The molecule has 0 fully saturated rings. The summed E-state index contributed by atoms with van der Waals surface area (Å²) >= 11 is 0. The van der Waals surface area contributed by atoms with Gasteiger partial charge < -0.3 is 4.74 Å². The zero-order valence-corrected chi connectivity index (χ0v) is 11.0. The molecule has 94 valence electrons. The predicted molar refractivity (Wildman–Crippen MR) is 70.7 cm³/mol. The SMILES string of the molecule is CCCC(CCC)Oc1cccc(C(C)=O)c1. The highest BCUT2D eigenvalue weighted by molar-refractivity contribution is 5.94. The summed E-state index contributed by atoms with van der Waals surface area (Å²) in [5, 5.41) is 0. The number of hydrogen-bond donors (Lipinski definition) is 0. The number of carbonyl (C=O) groups excluding carboxylic acids is 1. The Balaban J connectivity index is 2.71. The number of rotatable bonds is 7. The lowest BCUT2D eigenvalue weighted by Crippen LogP contribution is -2.16. The molecule has 17 heavy (non-hydrogen) atoms. The van der Waals surface area contributed by atoms with Gasteiger partial charge in [0.2, 0.25) is 0 Å². The van der Waals surface area contributed by atoms with Crippen LogP contribution >= 0.6 is 0 Å². The first-order chi connectivity index (χ1) is 8.17. The van der Waals surface area contributed by atoms with Gasteiger partial charge in [-0.3, -0.25) is 4.79 Å². The first-order valence-corrected chi connectivity index (χ1v) is 6.45. The smallest absolute Gasteiger partial charge is 0.159 e. The average molecular weight is 234 g/mol. The van der Waals surface area contributed by atoms with Crippen molar-refractivity contribution in [3.8, 4) is 5.75 Å². The van der Waals surface area contributed by atoms with E-state index in [1.807, 2.05) is 24.3 Å². The van der Waals surface area contributed by atoms with Crippen LogP contribution in [0.3, 0.4) is 0 Å². The van der Waals surface area contributed by atoms with Crippen LogP contribution in [0, 0.1) is 0 Å². The van der Waals surface area contributed by atoms with Crippen LogP contribution < -0.4 is 4.74 Å². The number of Topliss-reactive ketones (excluding diaryl/α,β-unsaturated/α-hetero) is 1. The van der Waals surface area contributed by atoms with Gasteiger partial charge in [0, 0.05) is 5.56 Å². The number of hydrogen-bond acceptors (Lipinski definition) is 2. The fourth-order valence-corrected chi connectivity index (χ4v) is 1.89. The van der Waals surface area contributed by atoms with E-state index in [4.69, 9.17) is 4.74 Å². The van der Waals surface area contributed by atoms with Gasteiger partial charge in [-0.05, 0) is 31.9 Å². The Hall–Kier alpha value is -1.31. The molecule has 1 aromatic rings. The van der Waals surface area contributed by atoms with Crippen LogP contribution in [0.5, 0.6) is 5.75 Å². The Morgan fingerprint density at radius 3 is 2.41 bits per heavy atom. The van der Waals surface area contributed by atoms with Crippen molar-refractivity contribution in [2.75, 3.05) is 0 Å². The Morgan fingerprint density at radius 2 is 1.88 bits per heavy atom. The van der Waals surface area contributed by atoms with E-state index in [1.165, 1.54) is 0 Å². The molecule has 0 radical (unpaired) electrons. The minimum Gasteiger partial charge on any atom is -0.490 e. The molecular weight excluding hydrogens is 212 g/mol. The normalized spacial score (nSPS) is 10.6. The first-order valence-electron chi connectivity index (χ1n) is 6.45. The molecule has 0 aliphatic heterocycles. The molecule has 2 heteroatoms. The van der Waals surface area contributed by atoms with Crippen molar-refractivity contribution >= 4 is 5.78 Å². The van der Waals surface area contributed by atoms with E-state index in [2.05, 4.69) is 13.8 Å². The molecule has 0 unspecified atom stereocenters. The molecule has 0 aliphatic rings. The molecule has 0 saturated heterocycles. The summed E-state index contributed by atoms with van der Waals surface area (Å²) in [6.07, 6.45) is 4.65. The lowest BCUT2D eigenvalue weighted by atomic mass is 10.1. The zero-order chi connectivity index (χ0) is 12.7. The maximum atomic E-state index is 11.3. The topological polar surface area (TPSA) is 26.3 Å². The molecule has 0 aliphatic carbocycles. The zero-order valence-electron chi connectivity index (χ0n) is 11.0. The third kappa shape index (κ3) is 4.59. The third-order valence-corrected chi connectivity index (χ3v) is 2.76. The van der Waals surface area contributed by atoms with E-state index < -0.39 is 0 Å². The van der Waals surface area contributed by atoms with Crippen molar-refractivity contribution in [2.24, 2.45) is 0 Å². The van der Waals surface area contributed by atoms with Crippen LogP contribution in [-0.2, 0) is 0 Å². The highest BCUT2D eigenvalue weighted by atomic mass is 16.5. The van der Waals surface area contributed by atoms with Gasteiger partial charge in [-0.25, -0.2) is 0 Å². The molecule has 0 atom stereocenters. The Morgan fingerprint density at radius 1 is 1.24 bits per heavy atom. The van der Waals surface area contributed by atoms with Crippen molar-refractivity contribution in [2.45, 2.75) is 52.6 Å². The van der Waals surface area contributed by atoms with Gasteiger partial charge in [0.15, 0.2) is 5.78 Å². The number of ketones is 1. The molecule has 1 aromatic carbocycles. The van der Waals surface area contributed by atoms with Crippen LogP contribution in [0.25, 0.3) is 0 Å². The second-order valence-corrected chi connectivity index (χ2v) is 4.40. The molecular formula is C15H22O2. The largest absolute Gasteiger partial charge is 0.490 e. The minimum atomic E-state index is 0.0815. The Kier molecular flexibility index (Phi) is 5.75. The van der Waals surface area contributed by atoms with E-state index in [0.717, 1.165) is 31.4 Å². The predicted octanol–water partition coefficient (Wildman–Crippen LogP) is 4.24. The van der Waals surface area contributed by atoms with Crippen molar-refractivity contribution in [1.82, 2.24) is 0 Å². The lowest BCUT2D eigenvalue weighted by Gasteiger charge is -2.18. The summed E-state index contributed by atoms with van der Waals surface area (Å²) in [7, 11) is 0. The molecule has 0 saturated carbocycles. The van der Waals surface area contributed by atoms with E-state index in [9.17, 15) is 4.79 Å². The highest BCUT2D eigenvalue weighted by Crippen LogP contribution is 2.19. The number of ether oxygens (including phenoxy) is 1. The highest BCUT2D eigenvalue weighted by Gasteiger charge is 2.09. The standard InChI is InChI=1S/C15H22O2/c1-4-7-14(8-5-2)17-15-10-6-9-13(11-15)12(3)16/h6,9-11,14H,4-5,7-8H2,1-3H3. The lowest BCUT2D eigenvalue weighted by molar-refractivity contribution is 0.101. The van der Waals surface area contributed by atoms with Crippen LogP contribution in [0.2, 0.25) is 0 Å². The molecule has 2 nitrogen and oxygen atoms in total. The van der Waals surface area contributed by atoms with Crippen molar-refractivity contribution in [3.05, 3.63) is 29.8 Å². The van der Waals surface area contributed by atoms with Gasteiger partial charge in [0.25, 0.3) is 0 Å². The summed E-state index contributed by atoms with van der Waals surface area (Å²) in [6.45, 7) is 5.91. The van der Waals surface area contributed by atoms with Gasteiger partial charge in [0.05, 0.1) is 6.10 Å². The summed E-state index contributed by atoms with van der Waals surface area (Å²) in [4.78, 5) is 11.3. The molecule has 0 spiro atoms. The van der Waals surface area contributed by atoms with E-state index >= 15 is 0 Å². The minimum absolute atomic E-state index is 0.0815. The summed E-state index contributed by atoms with van der Waals surface area (Å²) in [5.41, 5.74) is 0.717. The van der Waals surface area contributed by atoms with Crippen molar-refractivity contribution in [1.29, 1.82) is 0 Å². The van der Waals surface area contributed by atoms with E-state index in [0.29, 0.717) is 5.56 Å². The maximum Gasteiger partial charge on any atom is 0.159 e. The quantitative estimate of drug-likeness (QED) is 0.660. The summed E-state index contributed by atoms with van der Waals surface area (Å²) < 4.78 is 5.93. The average Bonchev–Trinajstić information content (AvgIpc) is 2.30. The first kappa shape index (κ1) is 13.8. The monoisotopic (exact) mass is 234 g/mol. The van der Waals surface area contributed by atoms with Gasteiger partial charge in [-0.1, -0.05) is 38.8 Å². The molecule has 0 aromatic heterocycles. The Labute approximate surface area is 104 Å². The van der Waals surface area contributed by atoms with E-state index in [1.54, 1.807) is 6.92 Å². The van der Waals surface area contributed by atoms with Crippen LogP contribution in [0.15, 0.2) is 24.3 Å². The summed E-state index contributed by atoms with van der Waals surface area (Å²) in [5.74, 6) is 0.891. The Bertz CT molecular complexity index is 352.